The van der Waals surface area contributed by atoms with Crippen molar-refractivity contribution in [2.45, 2.75) is 20.3 Å². The highest BCUT2D eigenvalue weighted by molar-refractivity contribution is 6.35. The molecule has 2 rings (SSSR count). The van der Waals surface area contributed by atoms with Crippen molar-refractivity contribution < 1.29 is 9.59 Å². The van der Waals surface area contributed by atoms with Gasteiger partial charge < -0.3 is 10.6 Å². The molecule has 0 aliphatic heterocycles. The van der Waals surface area contributed by atoms with Crippen LogP contribution in [0.25, 0.3) is 0 Å². The van der Waals surface area contributed by atoms with Crippen LogP contribution in [0.4, 0.5) is 11.4 Å². The van der Waals surface area contributed by atoms with Gasteiger partial charge in [0, 0.05) is 17.8 Å². The molecule has 7 heteroatoms. The second-order valence-electron chi connectivity index (χ2n) is 5.64. The van der Waals surface area contributed by atoms with E-state index >= 15 is 0 Å². The Bertz CT molecular complexity index is 746. The Hall–Kier alpha value is -2.11. The van der Waals surface area contributed by atoms with Crippen LogP contribution >= 0.6 is 23.2 Å². The van der Waals surface area contributed by atoms with Crippen molar-refractivity contribution in [2.24, 2.45) is 5.92 Å². The van der Waals surface area contributed by atoms with Gasteiger partial charge in [0.15, 0.2) is 0 Å². The average molecular weight is 366 g/mol. The van der Waals surface area contributed by atoms with Crippen molar-refractivity contribution in [1.82, 2.24) is 4.98 Å². The maximum Gasteiger partial charge on any atom is 0.275 e. The lowest BCUT2D eigenvalue weighted by Gasteiger charge is -2.09. The number of hydrogen-bond acceptors (Lipinski definition) is 3. The van der Waals surface area contributed by atoms with Gasteiger partial charge in [-0.25, -0.2) is 4.98 Å². The fourth-order valence-corrected chi connectivity index (χ4v) is 2.33. The lowest BCUT2D eigenvalue weighted by Crippen LogP contribution is -2.15. The third kappa shape index (κ3) is 5.22. The summed E-state index contributed by atoms with van der Waals surface area (Å²) in [6, 6.07) is 9.80. The fourth-order valence-electron chi connectivity index (χ4n) is 1.99. The maximum absolute atomic E-state index is 12.2. The van der Waals surface area contributed by atoms with Gasteiger partial charge in [0.05, 0.1) is 5.02 Å². The molecular weight excluding hydrogens is 349 g/mol. The molecule has 0 bridgehead atoms. The smallest absolute Gasteiger partial charge is 0.275 e. The first kappa shape index (κ1) is 18.2. The summed E-state index contributed by atoms with van der Waals surface area (Å²) in [7, 11) is 0. The molecule has 1 aromatic heterocycles. The number of hydrogen-bond donors (Lipinski definition) is 2. The van der Waals surface area contributed by atoms with Crippen LogP contribution in [0.2, 0.25) is 10.2 Å². The molecule has 0 spiro atoms. The Kier molecular flexibility index (Phi) is 6.17. The number of carbonyl (C=O) groups excluding carboxylic acids is 2. The zero-order valence-electron chi connectivity index (χ0n) is 13.3. The predicted molar refractivity (Wildman–Crippen MR) is 96.7 cm³/mol. The highest BCUT2D eigenvalue weighted by Crippen LogP contribution is 2.19. The van der Waals surface area contributed by atoms with Crippen LogP contribution in [-0.2, 0) is 4.79 Å². The Labute approximate surface area is 150 Å². The van der Waals surface area contributed by atoms with Gasteiger partial charge in [0.25, 0.3) is 5.91 Å². The number of aromatic nitrogens is 1. The SMILES string of the molecule is CC(C)CC(=O)Nc1ccc(NC(=O)c2nc(Cl)ccc2Cl)cc1. The van der Waals surface area contributed by atoms with Gasteiger partial charge in [-0.1, -0.05) is 37.0 Å². The Morgan fingerprint density at radius 1 is 1.00 bits per heavy atom. The van der Waals surface area contributed by atoms with Gasteiger partial charge in [0.2, 0.25) is 5.91 Å². The number of amides is 2. The average Bonchev–Trinajstić information content (AvgIpc) is 2.50. The molecule has 0 saturated carbocycles. The molecule has 24 heavy (non-hydrogen) atoms. The predicted octanol–water partition coefficient (Wildman–Crippen LogP) is 4.63. The van der Waals surface area contributed by atoms with Gasteiger partial charge in [-0.15, -0.1) is 0 Å². The summed E-state index contributed by atoms with van der Waals surface area (Å²) < 4.78 is 0. The number of benzene rings is 1. The molecule has 1 aromatic carbocycles. The van der Waals surface area contributed by atoms with E-state index < -0.39 is 5.91 Å². The molecule has 0 fully saturated rings. The summed E-state index contributed by atoms with van der Waals surface area (Å²) in [5.41, 5.74) is 1.27. The van der Waals surface area contributed by atoms with E-state index in [9.17, 15) is 9.59 Å². The van der Waals surface area contributed by atoms with E-state index in [2.05, 4.69) is 15.6 Å². The van der Waals surface area contributed by atoms with Gasteiger partial charge in [-0.05, 0) is 42.3 Å². The van der Waals surface area contributed by atoms with Crippen molar-refractivity contribution in [3.05, 3.63) is 52.3 Å². The normalized spacial score (nSPS) is 10.5. The number of rotatable bonds is 5. The van der Waals surface area contributed by atoms with Gasteiger partial charge in [-0.3, -0.25) is 9.59 Å². The van der Waals surface area contributed by atoms with Crippen LogP contribution in [0.15, 0.2) is 36.4 Å². The highest BCUT2D eigenvalue weighted by Gasteiger charge is 2.13. The van der Waals surface area contributed by atoms with E-state index in [1.165, 1.54) is 12.1 Å². The van der Waals surface area contributed by atoms with Crippen molar-refractivity contribution in [3.8, 4) is 0 Å². The van der Waals surface area contributed by atoms with E-state index in [4.69, 9.17) is 23.2 Å². The third-order valence-corrected chi connectivity index (χ3v) is 3.56. The second kappa shape index (κ2) is 8.13. The molecular formula is C17H17Cl2N3O2. The summed E-state index contributed by atoms with van der Waals surface area (Å²) in [6.07, 6.45) is 0.456. The van der Waals surface area contributed by atoms with Crippen molar-refractivity contribution in [1.29, 1.82) is 0 Å². The lowest BCUT2D eigenvalue weighted by molar-refractivity contribution is -0.116. The number of carbonyl (C=O) groups is 2. The molecule has 0 aliphatic carbocycles. The molecule has 0 unspecified atom stereocenters. The molecule has 0 saturated heterocycles. The number of halogens is 2. The van der Waals surface area contributed by atoms with Crippen LogP contribution in [0.3, 0.4) is 0 Å². The van der Waals surface area contributed by atoms with E-state index in [0.717, 1.165) is 0 Å². The molecule has 2 amide bonds. The van der Waals surface area contributed by atoms with Crippen molar-refractivity contribution >= 4 is 46.4 Å². The van der Waals surface area contributed by atoms with Gasteiger partial charge in [0.1, 0.15) is 10.8 Å². The van der Waals surface area contributed by atoms with Gasteiger partial charge in [-0.2, -0.15) is 0 Å². The minimum Gasteiger partial charge on any atom is -0.326 e. The molecule has 2 aromatic rings. The zero-order chi connectivity index (χ0) is 17.7. The molecule has 1 heterocycles. The van der Waals surface area contributed by atoms with Crippen LogP contribution < -0.4 is 10.6 Å². The third-order valence-electron chi connectivity index (χ3n) is 3.05. The first-order chi connectivity index (χ1) is 11.3. The zero-order valence-corrected chi connectivity index (χ0v) is 14.8. The topological polar surface area (TPSA) is 71.1 Å². The molecule has 5 nitrogen and oxygen atoms in total. The summed E-state index contributed by atoms with van der Waals surface area (Å²) in [6.45, 7) is 3.96. The lowest BCUT2D eigenvalue weighted by atomic mass is 10.1. The summed E-state index contributed by atoms with van der Waals surface area (Å²) in [4.78, 5) is 27.8. The Balaban J connectivity index is 2.02. The summed E-state index contributed by atoms with van der Waals surface area (Å²) in [5.74, 6) is -0.214. The largest absolute Gasteiger partial charge is 0.326 e. The molecule has 0 radical (unpaired) electrons. The van der Waals surface area contributed by atoms with E-state index in [0.29, 0.717) is 23.7 Å². The van der Waals surface area contributed by atoms with E-state index in [1.807, 2.05) is 13.8 Å². The van der Waals surface area contributed by atoms with E-state index in [-0.39, 0.29) is 21.8 Å². The minimum absolute atomic E-state index is 0.0447. The minimum atomic E-state index is -0.459. The maximum atomic E-state index is 12.2. The van der Waals surface area contributed by atoms with Crippen molar-refractivity contribution in [3.63, 3.8) is 0 Å². The molecule has 126 valence electrons. The fraction of sp³-hybridized carbons (Fsp3) is 0.235. The van der Waals surface area contributed by atoms with Crippen LogP contribution in [-0.4, -0.2) is 16.8 Å². The second-order valence-corrected chi connectivity index (χ2v) is 6.44. The van der Waals surface area contributed by atoms with E-state index in [1.54, 1.807) is 24.3 Å². The first-order valence-electron chi connectivity index (χ1n) is 7.38. The molecule has 2 N–H and O–H groups in total. The van der Waals surface area contributed by atoms with Crippen LogP contribution in [0.5, 0.6) is 0 Å². The standard InChI is InChI=1S/C17H17Cl2N3O2/c1-10(2)9-15(23)20-11-3-5-12(6-4-11)21-17(24)16-13(18)7-8-14(19)22-16/h3-8,10H,9H2,1-2H3,(H,20,23)(H,21,24). The Morgan fingerprint density at radius 3 is 2.17 bits per heavy atom. The van der Waals surface area contributed by atoms with Crippen LogP contribution in [0, 0.1) is 5.92 Å². The highest BCUT2D eigenvalue weighted by atomic mass is 35.5. The summed E-state index contributed by atoms with van der Waals surface area (Å²) >= 11 is 11.7. The van der Waals surface area contributed by atoms with Crippen molar-refractivity contribution in [2.75, 3.05) is 10.6 Å². The monoisotopic (exact) mass is 365 g/mol. The number of anilines is 2. The first-order valence-corrected chi connectivity index (χ1v) is 8.14. The van der Waals surface area contributed by atoms with Crippen LogP contribution in [0.1, 0.15) is 30.8 Å². The Morgan fingerprint density at radius 2 is 1.58 bits per heavy atom. The number of nitrogens with zero attached hydrogens (tertiary/aromatic N) is 1. The number of nitrogens with one attached hydrogen (secondary N) is 2. The molecule has 0 aliphatic rings. The summed E-state index contributed by atoms with van der Waals surface area (Å²) in [5, 5.41) is 5.89. The molecule has 0 atom stereocenters. The van der Waals surface area contributed by atoms with Gasteiger partial charge >= 0.3 is 0 Å². The quantitative estimate of drug-likeness (QED) is 0.759. The number of pyridine rings is 1.